The maximum Gasteiger partial charge on any atom is 0.416 e. The first-order valence-corrected chi connectivity index (χ1v) is 9.98. The average Bonchev–Trinajstić information content (AvgIpc) is 3.44. The zero-order valence-corrected chi connectivity index (χ0v) is 17.2. The highest BCUT2D eigenvalue weighted by atomic mass is 19.4. The fraction of sp³-hybridized carbons (Fsp3) is 0.182. The van der Waals surface area contributed by atoms with Crippen molar-refractivity contribution in [3.8, 4) is 22.6 Å². The molecular weight excluding hydrogens is 437 g/mol. The van der Waals surface area contributed by atoms with Crippen LogP contribution >= 0.6 is 0 Å². The van der Waals surface area contributed by atoms with Gasteiger partial charge in [-0.15, -0.1) is 0 Å². The van der Waals surface area contributed by atoms with Gasteiger partial charge in [-0.2, -0.15) is 18.3 Å². The number of rotatable bonds is 3. The molecule has 1 amide bonds. The van der Waals surface area contributed by atoms with Crippen molar-refractivity contribution in [1.82, 2.24) is 19.9 Å². The topological polar surface area (TPSA) is 103 Å². The SMILES string of the molecule is C[C@H]1CN(c2ccc(C(F)(F)F)cc2)C(=O)c2c(-c3cc(-c4ccc(N)nc4)on3)cnn21. The molecule has 33 heavy (non-hydrogen) atoms. The van der Waals surface area contributed by atoms with Crippen molar-refractivity contribution in [1.29, 1.82) is 0 Å². The normalized spacial score (nSPS) is 16.2. The molecule has 11 heteroatoms. The maximum absolute atomic E-state index is 13.4. The van der Waals surface area contributed by atoms with Crippen LogP contribution in [0.25, 0.3) is 22.6 Å². The molecule has 0 saturated heterocycles. The van der Waals surface area contributed by atoms with Crippen LogP contribution < -0.4 is 10.6 Å². The second kappa shape index (κ2) is 7.47. The Kier molecular flexibility index (Phi) is 4.69. The summed E-state index contributed by atoms with van der Waals surface area (Å²) >= 11 is 0. The number of nitrogen functional groups attached to an aromatic ring is 1. The monoisotopic (exact) mass is 454 g/mol. The first kappa shape index (κ1) is 20.7. The van der Waals surface area contributed by atoms with E-state index < -0.39 is 11.7 Å². The van der Waals surface area contributed by atoms with Gasteiger partial charge in [-0.3, -0.25) is 9.48 Å². The summed E-state index contributed by atoms with van der Waals surface area (Å²) in [5.74, 6) is 0.416. The van der Waals surface area contributed by atoms with Gasteiger partial charge in [0, 0.05) is 30.1 Å². The predicted molar refractivity (Wildman–Crippen MR) is 113 cm³/mol. The van der Waals surface area contributed by atoms with Gasteiger partial charge in [0.25, 0.3) is 5.91 Å². The Labute approximate surface area is 185 Å². The molecule has 4 heterocycles. The molecule has 8 nitrogen and oxygen atoms in total. The molecule has 2 N–H and O–H groups in total. The molecule has 0 saturated carbocycles. The largest absolute Gasteiger partial charge is 0.416 e. The summed E-state index contributed by atoms with van der Waals surface area (Å²) in [7, 11) is 0. The van der Waals surface area contributed by atoms with E-state index in [-0.39, 0.29) is 24.2 Å². The number of amides is 1. The van der Waals surface area contributed by atoms with E-state index in [1.807, 2.05) is 6.92 Å². The van der Waals surface area contributed by atoms with Gasteiger partial charge in [-0.1, -0.05) is 5.16 Å². The highest BCUT2D eigenvalue weighted by Gasteiger charge is 2.35. The minimum absolute atomic E-state index is 0.207. The lowest BCUT2D eigenvalue weighted by atomic mass is 10.1. The number of carbonyl (C=O) groups excluding carboxylic acids is 1. The molecular formula is C22H17F3N6O2. The highest BCUT2D eigenvalue weighted by Crippen LogP contribution is 2.35. The number of benzene rings is 1. The second-order valence-corrected chi connectivity index (χ2v) is 7.71. The Morgan fingerprint density at radius 1 is 1.12 bits per heavy atom. The lowest BCUT2D eigenvalue weighted by Crippen LogP contribution is -2.42. The first-order valence-electron chi connectivity index (χ1n) is 9.98. The summed E-state index contributed by atoms with van der Waals surface area (Å²) in [6.45, 7) is 2.14. The van der Waals surface area contributed by atoms with E-state index >= 15 is 0 Å². The van der Waals surface area contributed by atoms with Crippen LogP contribution in [0, 0.1) is 0 Å². The number of halogens is 3. The molecule has 168 valence electrons. The van der Waals surface area contributed by atoms with Gasteiger partial charge in [0.15, 0.2) is 5.76 Å². The minimum Gasteiger partial charge on any atom is -0.384 e. The Morgan fingerprint density at radius 3 is 2.55 bits per heavy atom. The van der Waals surface area contributed by atoms with Crippen LogP contribution in [0.3, 0.4) is 0 Å². The van der Waals surface area contributed by atoms with E-state index in [4.69, 9.17) is 10.3 Å². The molecule has 0 aliphatic carbocycles. The molecule has 0 fully saturated rings. The van der Waals surface area contributed by atoms with Gasteiger partial charge in [0.2, 0.25) is 0 Å². The van der Waals surface area contributed by atoms with Crippen LogP contribution in [0.1, 0.15) is 29.0 Å². The zero-order chi connectivity index (χ0) is 23.3. The van der Waals surface area contributed by atoms with E-state index in [0.717, 1.165) is 12.1 Å². The van der Waals surface area contributed by atoms with Gasteiger partial charge < -0.3 is 15.2 Å². The number of alkyl halides is 3. The number of hydrogen-bond acceptors (Lipinski definition) is 6. The molecule has 0 unspecified atom stereocenters. The molecule has 1 aliphatic rings. The summed E-state index contributed by atoms with van der Waals surface area (Å²) in [5.41, 5.74) is 7.01. The minimum atomic E-state index is -4.45. The van der Waals surface area contributed by atoms with Crippen LogP contribution in [0.15, 0.2) is 59.4 Å². The quantitative estimate of drug-likeness (QED) is 0.492. The molecule has 3 aromatic heterocycles. The van der Waals surface area contributed by atoms with Crippen molar-refractivity contribution >= 4 is 17.4 Å². The molecule has 0 spiro atoms. The van der Waals surface area contributed by atoms with Gasteiger partial charge in [0.05, 0.1) is 23.4 Å². The number of pyridine rings is 1. The number of carbonyl (C=O) groups is 1. The van der Waals surface area contributed by atoms with Crippen molar-refractivity contribution in [2.75, 3.05) is 17.2 Å². The molecule has 5 rings (SSSR count). The van der Waals surface area contributed by atoms with Crippen LogP contribution in [0.5, 0.6) is 0 Å². The number of aromatic nitrogens is 4. The maximum atomic E-state index is 13.4. The van der Waals surface area contributed by atoms with Gasteiger partial charge in [-0.05, 0) is 43.3 Å². The molecule has 4 aromatic rings. The van der Waals surface area contributed by atoms with Crippen molar-refractivity contribution < 1.29 is 22.5 Å². The third-order valence-corrected chi connectivity index (χ3v) is 5.47. The second-order valence-electron chi connectivity index (χ2n) is 7.71. The molecule has 1 atom stereocenters. The van der Waals surface area contributed by atoms with Crippen LogP contribution in [-0.2, 0) is 6.18 Å². The standard InChI is InChI=1S/C22H17F3N6O2/c1-12-11-30(15-5-3-14(4-6-15)22(23,24)25)21(32)20-16(10-28-31(12)20)17-8-18(33-29-17)13-2-7-19(26)27-9-13/h2-10,12H,11H2,1H3,(H2,26,27)/t12-/m0/s1. The third-order valence-electron chi connectivity index (χ3n) is 5.47. The van der Waals surface area contributed by atoms with Crippen LogP contribution in [0.2, 0.25) is 0 Å². The lowest BCUT2D eigenvalue weighted by molar-refractivity contribution is -0.137. The number of anilines is 2. The van der Waals surface area contributed by atoms with Gasteiger partial charge in [0.1, 0.15) is 17.2 Å². The smallest absolute Gasteiger partial charge is 0.384 e. The summed E-state index contributed by atoms with van der Waals surface area (Å²) in [5, 5.41) is 8.42. The van der Waals surface area contributed by atoms with E-state index in [0.29, 0.717) is 34.1 Å². The highest BCUT2D eigenvalue weighted by molar-refractivity contribution is 6.09. The Balaban J connectivity index is 1.50. The van der Waals surface area contributed by atoms with Gasteiger partial charge >= 0.3 is 6.18 Å². The van der Waals surface area contributed by atoms with E-state index in [2.05, 4.69) is 15.2 Å². The third kappa shape index (κ3) is 3.60. The Bertz CT molecular complexity index is 1330. The lowest BCUT2D eigenvalue weighted by Gasteiger charge is -2.32. The fourth-order valence-electron chi connectivity index (χ4n) is 3.79. The molecule has 1 aliphatic heterocycles. The number of hydrogen-bond donors (Lipinski definition) is 1. The number of fused-ring (bicyclic) bond motifs is 1. The first-order chi connectivity index (χ1) is 15.7. The molecule has 1 aromatic carbocycles. The van der Waals surface area contributed by atoms with Crippen molar-refractivity contribution in [2.24, 2.45) is 0 Å². The summed E-state index contributed by atoms with van der Waals surface area (Å²) < 4.78 is 45.8. The van der Waals surface area contributed by atoms with Crippen molar-refractivity contribution in [3.63, 3.8) is 0 Å². The van der Waals surface area contributed by atoms with E-state index in [1.165, 1.54) is 23.2 Å². The Hall–Kier alpha value is -4.15. The van der Waals surface area contributed by atoms with E-state index in [1.54, 1.807) is 29.1 Å². The van der Waals surface area contributed by atoms with Crippen molar-refractivity contribution in [2.45, 2.75) is 19.1 Å². The molecule has 0 bridgehead atoms. The predicted octanol–water partition coefficient (Wildman–Crippen LogP) is 4.42. The number of nitrogens with two attached hydrogens (primary N) is 1. The van der Waals surface area contributed by atoms with Crippen LogP contribution in [-0.4, -0.2) is 32.4 Å². The fourth-order valence-corrected chi connectivity index (χ4v) is 3.79. The van der Waals surface area contributed by atoms with Crippen molar-refractivity contribution in [3.05, 3.63) is 66.1 Å². The summed E-state index contributed by atoms with van der Waals surface area (Å²) in [4.78, 5) is 18.8. The zero-order valence-electron chi connectivity index (χ0n) is 17.2. The average molecular weight is 454 g/mol. The Morgan fingerprint density at radius 2 is 1.88 bits per heavy atom. The van der Waals surface area contributed by atoms with Gasteiger partial charge in [-0.25, -0.2) is 4.98 Å². The summed E-state index contributed by atoms with van der Waals surface area (Å²) in [6.07, 6.45) is -1.37. The van der Waals surface area contributed by atoms with Crippen LogP contribution in [0.4, 0.5) is 24.7 Å². The number of nitrogens with zero attached hydrogens (tertiary/aromatic N) is 5. The molecule has 0 radical (unpaired) electrons. The van der Waals surface area contributed by atoms with E-state index in [9.17, 15) is 18.0 Å². The summed E-state index contributed by atoms with van der Waals surface area (Å²) in [6, 6.07) is 9.34.